The van der Waals surface area contributed by atoms with Gasteiger partial charge in [-0.25, -0.2) is 4.79 Å². The fourth-order valence-corrected chi connectivity index (χ4v) is 1.98. The summed E-state index contributed by atoms with van der Waals surface area (Å²) in [6, 6.07) is 7.04. The van der Waals surface area contributed by atoms with E-state index in [-0.39, 0.29) is 5.76 Å². The van der Waals surface area contributed by atoms with Crippen molar-refractivity contribution in [2.75, 3.05) is 0 Å². The van der Waals surface area contributed by atoms with Crippen molar-refractivity contribution in [3.05, 3.63) is 34.9 Å². The van der Waals surface area contributed by atoms with E-state index < -0.39 is 5.97 Å². The second kappa shape index (κ2) is 3.31. The molecule has 0 aliphatic rings. The van der Waals surface area contributed by atoms with Crippen LogP contribution in [0, 0.1) is 6.92 Å². The van der Waals surface area contributed by atoms with Gasteiger partial charge in [0, 0.05) is 4.88 Å². The summed E-state index contributed by atoms with van der Waals surface area (Å²) in [5.74, 6) is -0.448. The number of carboxylic acid groups (broad SMARTS) is 1. The zero-order chi connectivity index (χ0) is 10.1. The van der Waals surface area contributed by atoms with Crippen LogP contribution in [0.1, 0.15) is 15.4 Å². The normalized spacial score (nSPS) is 10.4. The Morgan fingerprint density at radius 1 is 1.36 bits per heavy atom. The van der Waals surface area contributed by atoms with Gasteiger partial charge in [0.2, 0.25) is 5.76 Å². The molecule has 2 heterocycles. The lowest BCUT2D eigenvalue weighted by atomic mass is 10.3. The van der Waals surface area contributed by atoms with E-state index >= 15 is 0 Å². The monoisotopic (exact) mass is 208 g/mol. The maximum absolute atomic E-state index is 10.6. The highest BCUT2D eigenvalue weighted by Gasteiger charge is 2.10. The highest BCUT2D eigenvalue weighted by molar-refractivity contribution is 7.15. The number of aromatic carboxylic acids is 1. The van der Waals surface area contributed by atoms with E-state index in [1.165, 1.54) is 10.9 Å². The second-order valence-electron chi connectivity index (χ2n) is 2.88. The minimum Gasteiger partial charge on any atom is -0.475 e. The highest BCUT2D eigenvalue weighted by Crippen LogP contribution is 2.28. The van der Waals surface area contributed by atoms with Gasteiger partial charge >= 0.3 is 5.97 Å². The van der Waals surface area contributed by atoms with E-state index in [0.717, 1.165) is 4.88 Å². The SMILES string of the molecule is Cc1ccc(-c2ccc(C(=O)O)o2)s1. The second-order valence-corrected chi connectivity index (χ2v) is 4.17. The Labute approximate surface area is 84.6 Å². The summed E-state index contributed by atoms with van der Waals surface area (Å²) >= 11 is 1.58. The molecule has 2 aromatic rings. The molecule has 2 rings (SSSR count). The number of furan rings is 1. The molecular formula is C10H8O3S. The lowest BCUT2D eigenvalue weighted by Crippen LogP contribution is -1.91. The summed E-state index contributed by atoms with van der Waals surface area (Å²) in [6.45, 7) is 2.00. The van der Waals surface area contributed by atoms with Crippen molar-refractivity contribution in [3.8, 4) is 10.6 Å². The third kappa shape index (κ3) is 1.56. The molecule has 0 unspecified atom stereocenters. The molecule has 0 aliphatic heterocycles. The average Bonchev–Trinajstić information content (AvgIpc) is 2.70. The molecule has 0 aliphatic carbocycles. The fraction of sp³-hybridized carbons (Fsp3) is 0.100. The van der Waals surface area contributed by atoms with E-state index in [0.29, 0.717) is 5.76 Å². The van der Waals surface area contributed by atoms with Gasteiger partial charge in [-0.3, -0.25) is 0 Å². The Kier molecular flexibility index (Phi) is 2.13. The molecule has 3 nitrogen and oxygen atoms in total. The van der Waals surface area contributed by atoms with E-state index in [4.69, 9.17) is 9.52 Å². The minimum atomic E-state index is -1.04. The van der Waals surface area contributed by atoms with Crippen molar-refractivity contribution >= 4 is 17.3 Å². The number of hydrogen-bond acceptors (Lipinski definition) is 3. The Morgan fingerprint density at radius 3 is 2.64 bits per heavy atom. The molecule has 72 valence electrons. The third-order valence-electron chi connectivity index (χ3n) is 1.80. The topological polar surface area (TPSA) is 50.4 Å². The molecule has 0 saturated heterocycles. The average molecular weight is 208 g/mol. The molecule has 0 fully saturated rings. The van der Waals surface area contributed by atoms with Crippen LogP contribution in [0.3, 0.4) is 0 Å². The third-order valence-corrected chi connectivity index (χ3v) is 2.82. The highest BCUT2D eigenvalue weighted by atomic mass is 32.1. The first-order valence-corrected chi connectivity index (χ1v) is 4.88. The maximum atomic E-state index is 10.6. The van der Waals surface area contributed by atoms with Crippen LogP contribution in [-0.2, 0) is 0 Å². The van der Waals surface area contributed by atoms with E-state index in [2.05, 4.69) is 0 Å². The molecule has 0 bridgehead atoms. The molecular weight excluding hydrogens is 200 g/mol. The number of carbonyl (C=O) groups is 1. The van der Waals surface area contributed by atoms with Crippen LogP contribution >= 0.6 is 11.3 Å². The van der Waals surface area contributed by atoms with Gasteiger partial charge in [-0.1, -0.05) is 0 Å². The van der Waals surface area contributed by atoms with Crippen LogP contribution in [0.4, 0.5) is 0 Å². The number of rotatable bonds is 2. The first kappa shape index (κ1) is 9.02. The zero-order valence-corrected chi connectivity index (χ0v) is 8.30. The Bertz CT molecular complexity index is 467. The quantitative estimate of drug-likeness (QED) is 0.825. The predicted molar refractivity (Wildman–Crippen MR) is 53.7 cm³/mol. The van der Waals surface area contributed by atoms with Gasteiger partial charge < -0.3 is 9.52 Å². The van der Waals surface area contributed by atoms with Gasteiger partial charge in [-0.15, -0.1) is 11.3 Å². The number of thiophene rings is 1. The number of carboxylic acids is 1. The first-order chi connectivity index (χ1) is 6.66. The molecule has 0 saturated carbocycles. The van der Waals surface area contributed by atoms with E-state index in [9.17, 15) is 4.79 Å². The Morgan fingerprint density at radius 2 is 2.14 bits per heavy atom. The molecule has 0 amide bonds. The van der Waals surface area contributed by atoms with Gasteiger partial charge in [-0.2, -0.15) is 0 Å². The smallest absolute Gasteiger partial charge is 0.371 e. The van der Waals surface area contributed by atoms with Crippen LogP contribution in [0.25, 0.3) is 10.6 Å². The van der Waals surface area contributed by atoms with Crippen molar-refractivity contribution in [1.29, 1.82) is 0 Å². The van der Waals surface area contributed by atoms with Crippen LogP contribution in [0.2, 0.25) is 0 Å². The number of hydrogen-bond donors (Lipinski definition) is 1. The molecule has 0 spiro atoms. The van der Waals surface area contributed by atoms with Gasteiger partial charge in [-0.05, 0) is 31.2 Å². The standard InChI is InChI=1S/C10H8O3S/c1-6-2-5-9(14-6)7-3-4-8(13-7)10(11)12/h2-5H,1H3,(H,11,12). The largest absolute Gasteiger partial charge is 0.475 e. The lowest BCUT2D eigenvalue weighted by molar-refractivity contribution is 0.0663. The summed E-state index contributed by atoms with van der Waals surface area (Å²) in [7, 11) is 0. The Balaban J connectivity index is 2.38. The van der Waals surface area contributed by atoms with Crippen molar-refractivity contribution in [2.24, 2.45) is 0 Å². The summed E-state index contributed by atoms with van der Waals surface area (Å²) < 4.78 is 5.16. The van der Waals surface area contributed by atoms with Gasteiger partial charge in [0.05, 0.1) is 4.88 Å². The zero-order valence-electron chi connectivity index (χ0n) is 7.48. The summed E-state index contributed by atoms with van der Waals surface area (Å²) in [5, 5.41) is 8.66. The first-order valence-electron chi connectivity index (χ1n) is 4.07. The fourth-order valence-electron chi connectivity index (χ4n) is 1.15. The summed E-state index contributed by atoms with van der Waals surface area (Å²) in [5.41, 5.74) is 0. The van der Waals surface area contributed by atoms with Crippen molar-refractivity contribution in [1.82, 2.24) is 0 Å². The van der Waals surface area contributed by atoms with Crippen molar-refractivity contribution < 1.29 is 14.3 Å². The summed E-state index contributed by atoms with van der Waals surface area (Å²) in [6.07, 6.45) is 0. The molecule has 14 heavy (non-hydrogen) atoms. The maximum Gasteiger partial charge on any atom is 0.371 e. The van der Waals surface area contributed by atoms with Crippen LogP contribution in [0.15, 0.2) is 28.7 Å². The lowest BCUT2D eigenvalue weighted by Gasteiger charge is -1.89. The molecule has 0 atom stereocenters. The van der Waals surface area contributed by atoms with E-state index in [1.807, 2.05) is 19.1 Å². The van der Waals surface area contributed by atoms with Gasteiger partial charge in [0.15, 0.2) is 0 Å². The van der Waals surface area contributed by atoms with Crippen LogP contribution in [-0.4, -0.2) is 11.1 Å². The molecule has 4 heteroatoms. The van der Waals surface area contributed by atoms with Crippen LogP contribution in [0.5, 0.6) is 0 Å². The number of aryl methyl sites for hydroxylation is 1. The predicted octanol–water partition coefficient (Wildman–Crippen LogP) is 3.01. The Hall–Kier alpha value is -1.55. The summed E-state index contributed by atoms with van der Waals surface area (Å²) in [4.78, 5) is 12.7. The molecule has 0 radical (unpaired) electrons. The van der Waals surface area contributed by atoms with Crippen molar-refractivity contribution in [3.63, 3.8) is 0 Å². The molecule has 2 aromatic heterocycles. The van der Waals surface area contributed by atoms with Gasteiger partial charge in [0.1, 0.15) is 5.76 Å². The van der Waals surface area contributed by atoms with Crippen LogP contribution < -0.4 is 0 Å². The van der Waals surface area contributed by atoms with E-state index in [1.54, 1.807) is 17.4 Å². The molecule has 0 aromatic carbocycles. The van der Waals surface area contributed by atoms with Crippen molar-refractivity contribution in [2.45, 2.75) is 6.92 Å². The molecule has 1 N–H and O–H groups in total. The minimum absolute atomic E-state index is 0.0222. The van der Waals surface area contributed by atoms with Gasteiger partial charge in [0.25, 0.3) is 0 Å².